The second kappa shape index (κ2) is 5.77. The summed E-state index contributed by atoms with van der Waals surface area (Å²) in [7, 11) is 0. The molecule has 0 aromatic rings. The minimum absolute atomic E-state index is 0.0175. The van der Waals surface area contributed by atoms with E-state index in [9.17, 15) is 9.59 Å². The van der Waals surface area contributed by atoms with E-state index in [4.69, 9.17) is 14.6 Å². The fourth-order valence-electron chi connectivity index (χ4n) is 2.18. The molecular formula is C13H23NO5. The van der Waals surface area contributed by atoms with Crippen molar-refractivity contribution in [3.63, 3.8) is 0 Å². The van der Waals surface area contributed by atoms with E-state index < -0.39 is 23.2 Å². The average molecular weight is 273 g/mol. The van der Waals surface area contributed by atoms with Crippen LogP contribution in [0.15, 0.2) is 0 Å². The van der Waals surface area contributed by atoms with Crippen molar-refractivity contribution in [3.8, 4) is 0 Å². The quantitative estimate of drug-likeness (QED) is 0.815. The molecule has 0 saturated carbocycles. The Hall–Kier alpha value is -1.30. The molecule has 1 saturated heterocycles. The minimum atomic E-state index is -0.953. The Kier molecular flexibility index (Phi) is 4.79. The molecule has 0 aromatic carbocycles. The van der Waals surface area contributed by atoms with Gasteiger partial charge in [0.25, 0.3) is 0 Å². The first-order chi connectivity index (χ1) is 8.62. The number of hydrogen-bond donors (Lipinski definition) is 2. The number of carboxylic acids is 1. The second-order valence-corrected chi connectivity index (χ2v) is 6.18. The number of alkyl carbamates (subject to hydrolysis) is 1. The Bertz CT molecular complexity index is 343. The molecule has 1 heterocycles. The standard InChI is InChI=1S/C13H23NO5/c1-12(2,3)19-11(17)14-13(4,7-10(15)16)9-5-6-18-8-9/h9H,5-8H2,1-4H3,(H,14,17)(H,15,16). The largest absolute Gasteiger partial charge is 0.481 e. The van der Waals surface area contributed by atoms with Gasteiger partial charge in [-0.3, -0.25) is 4.79 Å². The third-order valence-electron chi connectivity index (χ3n) is 3.14. The predicted molar refractivity (Wildman–Crippen MR) is 69.0 cm³/mol. The summed E-state index contributed by atoms with van der Waals surface area (Å²) >= 11 is 0. The topological polar surface area (TPSA) is 84.9 Å². The fraction of sp³-hybridized carbons (Fsp3) is 0.846. The molecule has 0 radical (unpaired) electrons. The lowest BCUT2D eigenvalue weighted by Gasteiger charge is -2.35. The molecule has 1 amide bonds. The summed E-state index contributed by atoms with van der Waals surface area (Å²) in [5.74, 6) is -0.971. The summed E-state index contributed by atoms with van der Waals surface area (Å²) in [4.78, 5) is 22.9. The van der Waals surface area contributed by atoms with E-state index in [1.54, 1.807) is 27.7 Å². The summed E-state index contributed by atoms with van der Waals surface area (Å²) in [6.45, 7) is 8.07. The smallest absolute Gasteiger partial charge is 0.408 e. The van der Waals surface area contributed by atoms with Gasteiger partial charge in [0.2, 0.25) is 0 Å². The molecule has 1 aliphatic heterocycles. The van der Waals surface area contributed by atoms with Crippen LogP contribution in [0.5, 0.6) is 0 Å². The van der Waals surface area contributed by atoms with Crippen molar-refractivity contribution >= 4 is 12.1 Å². The van der Waals surface area contributed by atoms with Crippen LogP contribution in [0.4, 0.5) is 4.79 Å². The number of carbonyl (C=O) groups excluding carboxylic acids is 1. The van der Waals surface area contributed by atoms with Gasteiger partial charge in [-0.2, -0.15) is 0 Å². The van der Waals surface area contributed by atoms with E-state index in [0.717, 1.165) is 6.42 Å². The summed E-state index contributed by atoms with van der Waals surface area (Å²) in [5.41, 5.74) is -1.47. The Morgan fingerprint density at radius 3 is 2.42 bits per heavy atom. The zero-order valence-electron chi connectivity index (χ0n) is 12.0. The molecule has 1 rings (SSSR count). The lowest BCUT2D eigenvalue weighted by molar-refractivity contribution is -0.139. The lowest BCUT2D eigenvalue weighted by atomic mass is 9.82. The van der Waals surface area contributed by atoms with Gasteiger partial charge in [0.1, 0.15) is 5.60 Å². The molecule has 2 N–H and O–H groups in total. The number of carbonyl (C=O) groups is 2. The Morgan fingerprint density at radius 2 is 2.00 bits per heavy atom. The molecule has 0 aliphatic carbocycles. The summed E-state index contributed by atoms with van der Waals surface area (Å²) in [6.07, 6.45) is -0.0111. The van der Waals surface area contributed by atoms with Gasteiger partial charge in [0, 0.05) is 12.5 Å². The number of ether oxygens (including phenoxy) is 2. The summed E-state index contributed by atoms with van der Waals surface area (Å²) in [6, 6.07) is 0. The highest BCUT2D eigenvalue weighted by Gasteiger charge is 2.40. The number of nitrogens with one attached hydrogen (secondary N) is 1. The molecule has 0 spiro atoms. The third-order valence-corrected chi connectivity index (χ3v) is 3.14. The van der Waals surface area contributed by atoms with E-state index in [2.05, 4.69) is 5.32 Å². The SMILES string of the molecule is CC(C)(C)OC(=O)NC(C)(CC(=O)O)C1CCOC1. The Morgan fingerprint density at radius 1 is 1.37 bits per heavy atom. The average Bonchev–Trinajstić information content (AvgIpc) is 2.64. The zero-order chi connectivity index (χ0) is 14.7. The molecular weight excluding hydrogens is 250 g/mol. The van der Waals surface area contributed by atoms with Crippen molar-refractivity contribution in [1.29, 1.82) is 0 Å². The van der Waals surface area contributed by atoms with Crippen molar-refractivity contribution < 1.29 is 24.2 Å². The monoisotopic (exact) mass is 273 g/mol. The first-order valence-electron chi connectivity index (χ1n) is 6.43. The Balaban J connectivity index is 2.73. The van der Waals surface area contributed by atoms with Crippen LogP contribution in [0.1, 0.15) is 40.5 Å². The molecule has 110 valence electrons. The van der Waals surface area contributed by atoms with Crippen molar-refractivity contribution in [1.82, 2.24) is 5.32 Å². The maximum atomic E-state index is 11.8. The molecule has 6 heteroatoms. The number of amides is 1. The fourth-order valence-corrected chi connectivity index (χ4v) is 2.18. The highest BCUT2D eigenvalue weighted by atomic mass is 16.6. The minimum Gasteiger partial charge on any atom is -0.481 e. The van der Waals surface area contributed by atoms with Crippen LogP contribution in [0.25, 0.3) is 0 Å². The maximum Gasteiger partial charge on any atom is 0.408 e. The van der Waals surface area contributed by atoms with Gasteiger partial charge in [0.05, 0.1) is 18.6 Å². The second-order valence-electron chi connectivity index (χ2n) is 6.18. The molecule has 0 aromatic heterocycles. The number of carboxylic acid groups (broad SMARTS) is 1. The molecule has 6 nitrogen and oxygen atoms in total. The number of hydrogen-bond acceptors (Lipinski definition) is 4. The van der Waals surface area contributed by atoms with Gasteiger partial charge in [-0.1, -0.05) is 0 Å². The van der Waals surface area contributed by atoms with Crippen molar-refractivity contribution in [3.05, 3.63) is 0 Å². The van der Waals surface area contributed by atoms with Gasteiger partial charge in [0.15, 0.2) is 0 Å². The first kappa shape index (κ1) is 15.8. The maximum absolute atomic E-state index is 11.8. The Labute approximate surface area is 113 Å². The molecule has 2 unspecified atom stereocenters. The van der Waals surface area contributed by atoms with Crippen LogP contribution in [0.2, 0.25) is 0 Å². The van der Waals surface area contributed by atoms with E-state index >= 15 is 0 Å². The molecule has 1 fully saturated rings. The molecule has 19 heavy (non-hydrogen) atoms. The number of rotatable bonds is 4. The highest BCUT2D eigenvalue weighted by Crippen LogP contribution is 2.29. The van der Waals surface area contributed by atoms with E-state index in [0.29, 0.717) is 13.2 Å². The molecule has 0 bridgehead atoms. The predicted octanol–water partition coefficient (Wildman–Crippen LogP) is 1.78. The zero-order valence-corrected chi connectivity index (χ0v) is 12.0. The lowest BCUT2D eigenvalue weighted by Crippen LogP contribution is -2.54. The van der Waals surface area contributed by atoms with Gasteiger partial charge >= 0.3 is 12.1 Å². The molecule has 2 atom stereocenters. The van der Waals surface area contributed by atoms with E-state index in [1.807, 2.05) is 0 Å². The van der Waals surface area contributed by atoms with Crippen molar-refractivity contribution in [2.24, 2.45) is 5.92 Å². The highest BCUT2D eigenvalue weighted by molar-refractivity contribution is 5.73. The van der Waals surface area contributed by atoms with E-state index in [1.165, 1.54) is 0 Å². The van der Waals surface area contributed by atoms with Gasteiger partial charge in [-0.15, -0.1) is 0 Å². The van der Waals surface area contributed by atoms with Crippen molar-refractivity contribution in [2.75, 3.05) is 13.2 Å². The van der Waals surface area contributed by atoms with Crippen LogP contribution in [0.3, 0.4) is 0 Å². The molecule has 1 aliphatic rings. The first-order valence-corrected chi connectivity index (χ1v) is 6.43. The third kappa shape index (κ3) is 5.06. The van der Waals surface area contributed by atoms with Crippen LogP contribution < -0.4 is 5.32 Å². The van der Waals surface area contributed by atoms with E-state index in [-0.39, 0.29) is 12.3 Å². The summed E-state index contributed by atoms with van der Waals surface area (Å²) in [5, 5.41) is 11.7. The van der Waals surface area contributed by atoms with Gasteiger partial charge in [-0.05, 0) is 34.1 Å². The summed E-state index contributed by atoms with van der Waals surface area (Å²) < 4.78 is 10.5. The normalized spacial score (nSPS) is 22.6. The van der Waals surface area contributed by atoms with Gasteiger partial charge in [-0.25, -0.2) is 4.79 Å². The van der Waals surface area contributed by atoms with Crippen LogP contribution in [-0.2, 0) is 14.3 Å². The van der Waals surface area contributed by atoms with Gasteiger partial charge < -0.3 is 19.9 Å². The van der Waals surface area contributed by atoms with Crippen LogP contribution in [0, 0.1) is 5.92 Å². The van der Waals surface area contributed by atoms with Crippen LogP contribution in [-0.4, -0.2) is 41.5 Å². The van der Waals surface area contributed by atoms with Crippen LogP contribution >= 0.6 is 0 Å². The van der Waals surface area contributed by atoms with Crippen molar-refractivity contribution in [2.45, 2.75) is 51.7 Å². The number of aliphatic carboxylic acids is 1.